The van der Waals surface area contributed by atoms with Gasteiger partial charge < -0.3 is 15.3 Å². The lowest BCUT2D eigenvalue weighted by Gasteiger charge is -2.24. The van der Waals surface area contributed by atoms with Gasteiger partial charge in [-0.1, -0.05) is 17.7 Å². The first kappa shape index (κ1) is 13.1. The number of aliphatic hydroxyl groups excluding tert-OH is 1. The highest BCUT2D eigenvalue weighted by Crippen LogP contribution is 2.18. The van der Waals surface area contributed by atoms with Crippen LogP contribution in [0.1, 0.15) is 18.4 Å². The van der Waals surface area contributed by atoms with E-state index in [2.05, 4.69) is 5.32 Å². The maximum absolute atomic E-state index is 12.4. The van der Waals surface area contributed by atoms with Crippen molar-refractivity contribution in [3.05, 3.63) is 29.8 Å². The summed E-state index contributed by atoms with van der Waals surface area (Å²) >= 11 is 0. The van der Waals surface area contributed by atoms with Gasteiger partial charge in [-0.15, -0.1) is 0 Å². The van der Waals surface area contributed by atoms with E-state index in [4.69, 9.17) is 5.11 Å². The number of aryl methyl sites for hydroxylation is 1. The predicted octanol–water partition coefficient (Wildman–Crippen LogP) is 1.07. The molecule has 1 aliphatic rings. The van der Waals surface area contributed by atoms with Crippen LogP contribution in [-0.2, 0) is 4.79 Å². The van der Waals surface area contributed by atoms with Gasteiger partial charge in [0.05, 0.1) is 6.04 Å². The summed E-state index contributed by atoms with van der Waals surface area (Å²) in [6, 6.07) is 7.73. The Morgan fingerprint density at radius 1 is 1.39 bits per heavy atom. The molecular formula is C14H20N2O2. The van der Waals surface area contributed by atoms with Gasteiger partial charge in [0, 0.05) is 18.8 Å². The molecule has 1 saturated heterocycles. The van der Waals surface area contributed by atoms with Crippen molar-refractivity contribution in [3.8, 4) is 0 Å². The predicted molar refractivity (Wildman–Crippen MR) is 71.6 cm³/mol. The molecule has 0 radical (unpaired) electrons. The zero-order valence-electron chi connectivity index (χ0n) is 10.7. The van der Waals surface area contributed by atoms with E-state index in [0.717, 1.165) is 25.2 Å². The van der Waals surface area contributed by atoms with Crippen molar-refractivity contribution in [1.29, 1.82) is 0 Å². The molecule has 1 atom stereocenters. The Bertz CT molecular complexity index is 403. The molecule has 4 nitrogen and oxygen atoms in total. The maximum atomic E-state index is 12.4. The second kappa shape index (κ2) is 5.98. The summed E-state index contributed by atoms with van der Waals surface area (Å²) in [6.07, 6.45) is 1.41. The number of nitrogens with zero attached hydrogens (tertiary/aromatic N) is 1. The number of hydrogen-bond donors (Lipinski definition) is 2. The van der Waals surface area contributed by atoms with E-state index in [-0.39, 0.29) is 18.6 Å². The average molecular weight is 248 g/mol. The van der Waals surface area contributed by atoms with Crippen LogP contribution in [0.25, 0.3) is 0 Å². The van der Waals surface area contributed by atoms with Gasteiger partial charge in [0.1, 0.15) is 0 Å². The Kier molecular flexibility index (Phi) is 4.33. The molecule has 1 amide bonds. The number of anilines is 1. The standard InChI is InChI=1S/C14H20N2O2/c1-11-3-5-12(6-4-11)16-9-2-8-15-13(7-10-17)14(16)18/h3-6,13,15,17H,2,7-10H2,1H3. The number of aliphatic hydroxyl groups is 1. The quantitative estimate of drug-likeness (QED) is 0.841. The number of carbonyl (C=O) groups is 1. The molecular weight excluding hydrogens is 228 g/mol. The van der Waals surface area contributed by atoms with Crippen LogP contribution in [0, 0.1) is 6.92 Å². The van der Waals surface area contributed by atoms with E-state index in [0.29, 0.717) is 6.42 Å². The van der Waals surface area contributed by atoms with Crippen LogP contribution in [0.5, 0.6) is 0 Å². The van der Waals surface area contributed by atoms with Crippen LogP contribution in [-0.4, -0.2) is 36.8 Å². The Balaban J connectivity index is 2.19. The zero-order chi connectivity index (χ0) is 13.0. The highest BCUT2D eigenvalue weighted by molar-refractivity contribution is 5.97. The number of rotatable bonds is 3. The van der Waals surface area contributed by atoms with Crippen molar-refractivity contribution in [1.82, 2.24) is 5.32 Å². The van der Waals surface area contributed by atoms with Crippen LogP contribution >= 0.6 is 0 Å². The van der Waals surface area contributed by atoms with Gasteiger partial charge in [-0.3, -0.25) is 4.79 Å². The first-order valence-corrected chi connectivity index (χ1v) is 6.44. The second-order valence-corrected chi connectivity index (χ2v) is 4.70. The maximum Gasteiger partial charge on any atom is 0.244 e. The molecule has 1 fully saturated rings. The number of benzene rings is 1. The van der Waals surface area contributed by atoms with Crippen molar-refractivity contribution in [2.45, 2.75) is 25.8 Å². The lowest BCUT2D eigenvalue weighted by molar-refractivity contribution is -0.120. The number of amides is 1. The molecule has 2 rings (SSSR count). The number of carbonyl (C=O) groups excluding carboxylic acids is 1. The highest BCUT2D eigenvalue weighted by Gasteiger charge is 2.26. The molecule has 0 aromatic heterocycles. The van der Waals surface area contributed by atoms with Crippen molar-refractivity contribution >= 4 is 11.6 Å². The second-order valence-electron chi connectivity index (χ2n) is 4.70. The van der Waals surface area contributed by atoms with E-state index in [1.54, 1.807) is 0 Å². The van der Waals surface area contributed by atoms with Crippen LogP contribution in [0.2, 0.25) is 0 Å². The molecule has 18 heavy (non-hydrogen) atoms. The smallest absolute Gasteiger partial charge is 0.244 e. The number of nitrogens with one attached hydrogen (secondary N) is 1. The molecule has 4 heteroatoms. The van der Waals surface area contributed by atoms with Crippen LogP contribution in [0.3, 0.4) is 0 Å². The third kappa shape index (κ3) is 2.89. The Morgan fingerprint density at radius 3 is 2.78 bits per heavy atom. The summed E-state index contributed by atoms with van der Waals surface area (Å²) in [5.74, 6) is 0.0606. The van der Waals surface area contributed by atoms with E-state index < -0.39 is 0 Å². The summed E-state index contributed by atoms with van der Waals surface area (Å²) < 4.78 is 0. The lowest BCUT2D eigenvalue weighted by Crippen LogP contribution is -2.44. The molecule has 1 unspecified atom stereocenters. The third-order valence-electron chi connectivity index (χ3n) is 3.28. The highest BCUT2D eigenvalue weighted by atomic mass is 16.3. The monoisotopic (exact) mass is 248 g/mol. The normalized spacial score (nSPS) is 20.9. The SMILES string of the molecule is Cc1ccc(N2CCCNC(CCO)C2=O)cc1. The summed E-state index contributed by atoms with van der Waals surface area (Å²) in [5.41, 5.74) is 2.13. The van der Waals surface area contributed by atoms with Gasteiger partial charge in [-0.2, -0.15) is 0 Å². The Morgan fingerprint density at radius 2 is 2.11 bits per heavy atom. The van der Waals surface area contributed by atoms with E-state index in [9.17, 15) is 4.79 Å². The fourth-order valence-corrected chi connectivity index (χ4v) is 2.23. The minimum Gasteiger partial charge on any atom is -0.396 e. The van der Waals surface area contributed by atoms with Gasteiger partial charge in [-0.25, -0.2) is 0 Å². The minimum atomic E-state index is -0.265. The molecule has 0 spiro atoms. The van der Waals surface area contributed by atoms with Crippen LogP contribution in [0.4, 0.5) is 5.69 Å². The minimum absolute atomic E-state index is 0.0329. The first-order valence-electron chi connectivity index (χ1n) is 6.44. The van der Waals surface area contributed by atoms with Crippen molar-refractivity contribution < 1.29 is 9.90 Å². The van der Waals surface area contributed by atoms with Gasteiger partial charge in [-0.05, 0) is 38.4 Å². The molecule has 1 aliphatic heterocycles. The summed E-state index contributed by atoms with van der Waals surface area (Å²) in [7, 11) is 0. The molecule has 0 aliphatic carbocycles. The Labute approximate surface area is 108 Å². The third-order valence-corrected chi connectivity index (χ3v) is 3.28. The van der Waals surface area contributed by atoms with E-state index in [1.165, 1.54) is 5.56 Å². The number of hydrogen-bond acceptors (Lipinski definition) is 3. The topological polar surface area (TPSA) is 52.6 Å². The molecule has 0 bridgehead atoms. The van der Waals surface area contributed by atoms with E-state index >= 15 is 0 Å². The van der Waals surface area contributed by atoms with Gasteiger partial charge in [0.15, 0.2) is 0 Å². The first-order chi connectivity index (χ1) is 8.72. The largest absolute Gasteiger partial charge is 0.396 e. The molecule has 0 saturated carbocycles. The molecule has 2 N–H and O–H groups in total. The van der Waals surface area contributed by atoms with E-state index in [1.807, 2.05) is 36.1 Å². The fraction of sp³-hybridized carbons (Fsp3) is 0.500. The Hall–Kier alpha value is -1.39. The van der Waals surface area contributed by atoms with Gasteiger partial charge in [0.25, 0.3) is 0 Å². The van der Waals surface area contributed by atoms with Gasteiger partial charge in [0.2, 0.25) is 5.91 Å². The molecule has 1 aromatic carbocycles. The summed E-state index contributed by atoms with van der Waals surface area (Å²) in [4.78, 5) is 14.2. The molecule has 1 heterocycles. The lowest BCUT2D eigenvalue weighted by atomic mass is 10.1. The van der Waals surface area contributed by atoms with Crippen LogP contribution in [0.15, 0.2) is 24.3 Å². The molecule has 1 aromatic rings. The van der Waals surface area contributed by atoms with Gasteiger partial charge >= 0.3 is 0 Å². The molecule has 98 valence electrons. The summed E-state index contributed by atoms with van der Waals surface area (Å²) in [5, 5.41) is 12.2. The fourth-order valence-electron chi connectivity index (χ4n) is 2.23. The summed E-state index contributed by atoms with van der Waals surface area (Å²) in [6.45, 7) is 3.62. The average Bonchev–Trinajstić information content (AvgIpc) is 2.55. The van der Waals surface area contributed by atoms with Crippen molar-refractivity contribution in [2.24, 2.45) is 0 Å². The zero-order valence-corrected chi connectivity index (χ0v) is 10.7. The van der Waals surface area contributed by atoms with Crippen molar-refractivity contribution in [3.63, 3.8) is 0 Å². The van der Waals surface area contributed by atoms with Crippen LogP contribution < -0.4 is 10.2 Å². The van der Waals surface area contributed by atoms with Crippen molar-refractivity contribution in [2.75, 3.05) is 24.6 Å².